The molecule has 0 amide bonds. The highest BCUT2D eigenvalue weighted by Gasteiger charge is 2.44. The number of nitrogens with zero attached hydrogens (tertiary/aromatic N) is 1. The zero-order valence-corrected chi connectivity index (χ0v) is 13.0. The van der Waals surface area contributed by atoms with E-state index in [-0.39, 0.29) is 6.04 Å². The van der Waals surface area contributed by atoms with Gasteiger partial charge in [0, 0.05) is 25.2 Å². The predicted octanol–water partition coefficient (Wildman–Crippen LogP) is 2.11. The summed E-state index contributed by atoms with van der Waals surface area (Å²) in [7, 11) is -3.29. The topological polar surface area (TPSA) is 49.4 Å². The van der Waals surface area contributed by atoms with Crippen molar-refractivity contribution in [2.45, 2.75) is 55.6 Å². The Morgan fingerprint density at radius 1 is 1.10 bits per heavy atom. The molecule has 1 aromatic rings. The summed E-state index contributed by atoms with van der Waals surface area (Å²) in [5.74, 6) is 0.590. The molecule has 3 fully saturated rings. The summed E-state index contributed by atoms with van der Waals surface area (Å²) in [5, 5.41) is 3.45. The van der Waals surface area contributed by atoms with Gasteiger partial charge in [0.1, 0.15) is 0 Å². The van der Waals surface area contributed by atoms with Crippen LogP contribution < -0.4 is 5.32 Å². The predicted molar refractivity (Wildman–Crippen MR) is 81.3 cm³/mol. The molecule has 0 radical (unpaired) electrons. The first-order valence-corrected chi connectivity index (χ1v) is 9.41. The van der Waals surface area contributed by atoms with Crippen molar-refractivity contribution >= 4 is 10.0 Å². The number of sulfonamides is 1. The third kappa shape index (κ3) is 2.62. The second-order valence-electron chi connectivity index (χ2n) is 6.71. The third-order valence-electron chi connectivity index (χ3n) is 5.06. The highest BCUT2D eigenvalue weighted by molar-refractivity contribution is 7.89. The maximum Gasteiger partial charge on any atom is 0.243 e. The maximum absolute atomic E-state index is 12.7. The number of hydrogen-bond acceptors (Lipinski definition) is 3. The van der Waals surface area contributed by atoms with Crippen LogP contribution in [0.1, 0.15) is 37.7 Å². The first-order valence-electron chi connectivity index (χ1n) is 7.97. The molecule has 1 N–H and O–H groups in total. The Kier molecular flexibility index (Phi) is 3.32. The van der Waals surface area contributed by atoms with Gasteiger partial charge in [-0.2, -0.15) is 4.31 Å². The van der Waals surface area contributed by atoms with E-state index < -0.39 is 10.0 Å². The highest BCUT2D eigenvalue weighted by atomic mass is 32.2. The van der Waals surface area contributed by atoms with E-state index in [0.29, 0.717) is 16.9 Å². The summed E-state index contributed by atoms with van der Waals surface area (Å²) in [6, 6.07) is 8.34. The van der Waals surface area contributed by atoms with Crippen molar-refractivity contribution in [3.8, 4) is 0 Å². The van der Waals surface area contributed by atoms with Crippen molar-refractivity contribution in [3.63, 3.8) is 0 Å². The average Bonchev–Trinajstić information content (AvgIpc) is 3.07. The van der Waals surface area contributed by atoms with Crippen LogP contribution in [0.25, 0.3) is 0 Å². The molecule has 2 saturated carbocycles. The number of benzene rings is 1. The lowest BCUT2D eigenvalue weighted by Gasteiger charge is -2.26. The second kappa shape index (κ2) is 5.07. The molecule has 1 saturated heterocycles. The van der Waals surface area contributed by atoms with E-state index in [1.54, 1.807) is 16.4 Å². The molecular formula is C16H22N2O2S. The number of rotatable bonds is 5. The minimum atomic E-state index is -3.29. The van der Waals surface area contributed by atoms with Crippen molar-refractivity contribution in [1.29, 1.82) is 0 Å². The first-order chi connectivity index (χ1) is 10.1. The minimum absolute atomic E-state index is 0.246. The van der Waals surface area contributed by atoms with E-state index >= 15 is 0 Å². The fraction of sp³-hybridized carbons (Fsp3) is 0.625. The Morgan fingerprint density at radius 3 is 2.43 bits per heavy atom. The largest absolute Gasteiger partial charge is 0.310 e. The Bertz CT molecular complexity index is 622. The number of piperidine rings is 1. The van der Waals surface area contributed by atoms with Crippen molar-refractivity contribution in [2.75, 3.05) is 6.54 Å². The van der Waals surface area contributed by atoms with Crippen LogP contribution >= 0.6 is 0 Å². The molecule has 1 aliphatic heterocycles. The summed E-state index contributed by atoms with van der Waals surface area (Å²) in [5.41, 5.74) is 1.16. The molecular weight excluding hydrogens is 284 g/mol. The monoisotopic (exact) mass is 306 g/mol. The van der Waals surface area contributed by atoms with Gasteiger partial charge in [0.2, 0.25) is 10.0 Å². The fourth-order valence-electron chi connectivity index (χ4n) is 3.64. The Labute approximate surface area is 126 Å². The zero-order chi connectivity index (χ0) is 14.4. The molecule has 2 aliphatic carbocycles. The number of hydrogen-bond donors (Lipinski definition) is 1. The molecule has 1 aromatic carbocycles. The highest BCUT2D eigenvalue weighted by Crippen LogP contribution is 2.40. The Balaban J connectivity index is 1.49. The second-order valence-corrected chi connectivity index (χ2v) is 8.60. The molecule has 2 unspecified atom stereocenters. The van der Waals surface area contributed by atoms with Crippen LogP contribution in [0.5, 0.6) is 0 Å². The molecule has 2 bridgehead atoms. The lowest BCUT2D eigenvalue weighted by molar-refractivity contribution is 0.333. The molecule has 114 valence electrons. The van der Waals surface area contributed by atoms with Crippen molar-refractivity contribution in [1.82, 2.24) is 9.62 Å². The van der Waals surface area contributed by atoms with E-state index in [9.17, 15) is 8.42 Å². The van der Waals surface area contributed by atoms with Crippen LogP contribution in [0.3, 0.4) is 0 Å². The molecule has 1 heterocycles. The standard InChI is InChI=1S/C16H22N2O2S/c19-21(20,18-11-13-1-6-15(18)9-13)16-7-2-12(3-8-16)10-17-14-4-5-14/h2-3,7-8,13-15,17H,1,4-6,9-11H2. The van der Waals surface area contributed by atoms with Gasteiger partial charge in [-0.15, -0.1) is 0 Å². The Hall–Kier alpha value is -0.910. The van der Waals surface area contributed by atoms with Gasteiger partial charge in [-0.3, -0.25) is 0 Å². The van der Waals surface area contributed by atoms with Crippen LogP contribution in [-0.2, 0) is 16.6 Å². The minimum Gasteiger partial charge on any atom is -0.310 e. The quantitative estimate of drug-likeness (QED) is 0.906. The summed E-state index contributed by atoms with van der Waals surface area (Å²) in [6.07, 6.45) is 5.83. The maximum atomic E-state index is 12.7. The lowest BCUT2D eigenvalue weighted by Crippen LogP contribution is -2.37. The molecule has 0 aromatic heterocycles. The molecule has 3 aliphatic rings. The smallest absolute Gasteiger partial charge is 0.243 e. The van der Waals surface area contributed by atoms with Gasteiger partial charge in [-0.05, 0) is 55.7 Å². The third-order valence-corrected chi connectivity index (χ3v) is 6.99. The van der Waals surface area contributed by atoms with Gasteiger partial charge in [-0.25, -0.2) is 8.42 Å². The summed E-state index contributed by atoms with van der Waals surface area (Å²) in [6.45, 7) is 1.55. The molecule has 4 nitrogen and oxygen atoms in total. The summed E-state index contributed by atoms with van der Waals surface area (Å²) < 4.78 is 27.2. The van der Waals surface area contributed by atoms with Gasteiger partial charge in [0.15, 0.2) is 0 Å². The van der Waals surface area contributed by atoms with Gasteiger partial charge >= 0.3 is 0 Å². The summed E-state index contributed by atoms with van der Waals surface area (Å²) in [4.78, 5) is 0.449. The van der Waals surface area contributed by atoms with Gasteiger partial charge in [-0.1, -0.05) is 12.1 Å². The summed E-state index contributed by atoms with van der Waals surface area (Å²) >= 11 is 0. The SMILES string of the molecule is O=S(=O)(c1ccc(CNC2CC2)cc1)N1CC2CCC1C2. The van der Waals surface area contributed by atoms with E-state index in [1.165, 1.54) is 19.3 Å². The van der Waals surface area contributed by atoms with Gasteiger partial charge in [0.05, 0.1) is 4.90 Å². The van der Waals surface area contributed by atoms with E-state index in [1.807, 2.05) is 12.1 Å². The fourth-order valence-corrected chi connectivity index (χ4v) is 5.38. The van der Waals surface area contributed by atoms with Crippen LogP contribution in [-0.4, -0.2) is 31.4 Å². The number of nitrogens with one attached hydrogen (secondary N) is 1. The van der Waals surface area contributed by atoms with Gasteiger partial charge < -0.3 is 5.32 Å². The van der Waals surface area contributed by atoms with Crippen LogP contribution in [0.2, 0.25) is 0 Å². The van der Waals surface area contributed by atoms with Crippen LogP contribution in [0.15, 0.2) is 29.2 Å². The van der Waals surface area contributed by atoms with Crippen molar-refractivity contribution in [3.05, 3.63) is 29.8 Å². The first kappa shape index (κ1) is 13.7. The Morgan fingerprint density at radius 2 is 1.86 bits per heavy atom. The van der Waals surface area contributed by atoms with Crippen molar-refractivity contribution in [2.24, 2.45) is 5.92 Å². The van der Waals surface area contributed by atoms with Crippen LogP contribution in [0, 0.1) is 5.92 Å². The van der Waals surface area contributed by atoms with E-state index in [0.717, 1.165) is 31.5 Å². The van der Waals surface area contributed by atoms with E-state index in [2.05, 4.69) is 5.32 Å². The molecule has 21 heavy (non-hydrogen) atoms. The average molecular weight is 306 g/mol. The van der Waals surface area contributed by atoms with Crippen molar-refractivity contribution < 1.29 is 8.42 Å². The normalized spacial score (nSPS) is 29.1. The van der Waals surface area contributed by atoms with E-state index in [4.69, 9.17) is 0 Å². The van der Waals surface area contributed by atoms with Crippen LogP contribution in [0.4, 0.5) is 0 Å². The molecule has 5 heteroatoms. The lowest BCUT2D eigenvalue weighted by atomic mass is 10.1. The van der Waals surface area contributed by atoms with Gasteiger partial charge in [0.25, 0.3) is 0 Å². The molecule has 4 rings (SSSR count). The zero-order valence-electron chi connectivity index (χ0n) is 12.2. The molecule has 2 atom stereocenters. The molecule has 0 spiro atoms. The number of fused-ring (bicyclic) bond motifs is 2.